The van der Waals surface area contributed by atoms with E-state index < -0.39 is 10.0 Å². The third kappa shape index (κ3) is 5.31. The molecule has 3 rings (SSSR count). The van der Waals surface area contributed by atoms with Crippen molar-refractivity contribution in [1.29, 1.82) is 0 Å². The fraction of sp³-hybridized carbons (Fsp3) is 0.480. The lowest BCUT2D eigenvalue weighted by Gasteiger charge is -2.19. The quantitative estimate of drug-likeness (QED) is 0.541. The molecule has 0 spiro atoms. The molecule has 34 heavy (non-hydrogen) atoms. The zero-order valence-electron chi connectivity index (χ0n) is 20.7. The summed E-state index contributed by atoms with van der Waals surface area (Å²) in [5, 5.41) is 0. The topological polar surface area (TPSA) is 94.2 Å². The molecule has 1 N–H and O–H groups in total. The Morgan fingerprint density at radius 2 is 1.59 bits per heavy atom. The van der Waals surface area contributed by atoms with Crippen molar-refractivity contribution < 1.29 is 27.4 Å². The van der Waals surface area contributed by atoms with Gasteiger partial charge in [-0.15, -0.1) is 0 Å². The molecule has 0 aromatic heterocycles. The maximum atomic E-state index is 13.1. The molecule has 1 amide bonds. The number of hydrogen-bond acceptors (Lipinski definition) is 6. The summed E-state index contributed by atoms with van der Waals surface area (Å²) < 4.78 is 46.1. The van der Waals surface area contributed by atoms with Gasteiger partial charge in [0.2, 0.25) is 21.7 Å². The van der Waals surface area contributed by atoms with Crippen LogP contribution in [0, 0.1) is 0 Å². The lowest BCUT2D eigenvalue weighted by atomic mass is 9.87. The zero-order valence-corrected chi connectivity index (χ0v) is 21.5. The van der Waals surface area contributed by atoms with E-state index in [2.05, 4.69) is 4.72 Å². The molecule has 1 heterocycles. The van der Waals surface area contributed by atoms with Crippen molar-refractivity contribution in [3.8, 4) is 17.2 Å². The van der Waals surface area contributed by atoms with Crippen LogP contribution in [0.4, 0.5) is 5.69 Å². The summed E-state index contributed by atoms with van der Waals surface area (Å²) >= 11 is 0. The molecule has 1 aliphatic heterocycles. The van der Waals surface area contributed by atoms with Gasteiger partial charge in [-0.25, -0.2) is 13.1 Å². The molecule has 0 unspecified atom stereocenters. The Morgan fingerprint density at radius 3 is 2.12 bits per heavy atom. The predicted molar refractivity (Wildman–Crippen MR) is 131 cm³/mol. The highest BCUT2D eigenvalue weighted by Gasteiger charge is 2.37. The molecule has 0 aliphatic carbocycles. The molecule has 0 radical (unpaired) electrons. The van der Waals surface area contributed by atoms with Gasteiger partial charge in [0.05, 0.1) is 24.7 Å². The monoisotopic (exact) mass is 490 g/mol. The SMILES string of the molecule is CCOc1cc(CNS(=O)(=O)c2ccc3c(c2)C(C)(C)CN3C(C)=O)cc(OCC)c1OCC. The Balaban J connectivity index is 1.89. The van der Waals surface area contributed by atoms with Crippen molar-refractivity contribution in [2.75, 3.05) is 31.3 Å². The second-order valence-electron chi connectivity index (χ2n) is 8.71. The van der Waals surface area contributed by atoms with Crippen LogP contribution in [0.1, 0.15) is 52.7 Å². The highest BCUT2D eigenvalue weighted by atomic mass is 32.2. The summed E-state index contributed by atoms with van der Waals surface area (Å²) in [6.45, 7) is 13.0. The fourth-order valence-electron chi connectivity index (χ4n) is 4.11. The van der Waals surface area contributed by atoms with Crippen molar-refractivity contribution in [3.05, 3.63) is 41.5 Å². The van der Waals surface area contributed by atoms with Crippen molar-refractivity contribution in [2.24, 2.45) is 0 Å². The lowest BCUT2D eigenvalue weighted by Crippen LogP contribution is -2.31. The molecule has 0 bridgehead atoms. The molecule has 0 atom stereocenters. The van der Waals surface area contributed by atoms with Gasteiger partial charge < -0.3 is 19.1 Å². The standard InChI is InChI=1S/C25H34N2O6S/c1-7-31-22-12-18(13-23(32-8-2)24(22)33-9-3)15-26-34(29,30)19-10-11-21-20(14-19)25(5,6)16-27(21)17(4)28/h10-14,26H,7-9,15-16H2,1-6H3. The van der Waals surface area contributed by atoms with Gasteiger partial charge in [-0.05, 0) is 62.2 Å². The number of nitrogens with one attached hydrogen (secondary N) is 1. The minimum atomic E-state index is -3.80. The Bertz CT molecular complexity index is 1130. The highest BCUT2D eigenvalue weighted by molar-refractivity contribution is 7.89. The molecular formula is C25H34N2O6S. The van der Waals surface area contributed by atoms with Crippen LogP contribution in [-0.4, -0.2) is 40.7 Å². The minimum absolute atomic E-state index is 0.0505. The highest BCUT2D eigenvalue weighted by Crippen LogP contribution is 2.42. The Morgan fingerprint density at radius 1 is 1.00 bits per heavy atom. The molecule has 0 saturated heterocycles. The summed E-state index contributed by atoms with van der Waals surface area (Å²) in [4.78, 5) is 13.9. The van der Waals surface area contributed by atoms with Crippen molar-refractivity contribution in [1.82, 2.24) is 4.72 Å². The van der Waals surface area contributed by atoms with Crippen molar-refractivity contribution in [3.63, 3.8) is 0 Å². The molecular weight excluding hydrogens is 456 g/mol. The van der Waals surface area contributed by atoms with E-state index in [0.717, 1.165) is 11.3 Å². The average molecular weight is 491 g/mol. The number of carbonyl (C=O) groups excluding carboxylic acids is 1. The van der Waals surface area contributed by atoms with Crippen LogP contribution in [-0.2, 0) is 26.8 Å². The number of benzene rings is 2. The van der Waals surface area contributed by atoms with Gasteiger partial charge in [0.1, 0.15) is 0 Å². The van der Waals surface area contributed by atoms with Crippen molar-refractivity contribution in [2.45, 2.75) is 58.4 Å². The zero-order chi connectivity index (χ0) is 25.1. The average Bonchev–Trinajstić information content (AvgIpc) is 3.06. The van der Waals surface area contributed by atoms with E-state index in [-0.39, 0.29) is 22.8 Å². The number of hydrogen-bond donors (Lipinski definition) is 1. The van der Waals surface area contributed by atoms with Gasteiger partial charge in [-0.1, -0.05) is 13.8 Å². The summed E-state index contributed by atoms with van der Waals surface area (Å²) in [5.41, 5.74) is 1.93. The van der Waals surface area contributed by atoms with Gasteiger partial charge in [-0.2, -0.15) is 0 Å². The van der Waals surface area contributed by atoms with Crippen LogP contribution < -0.4 is 23.8 Å². The minimum Gasteiger partial charge on any atom is -0.490 e. The molecule has 2 aromatic rings. The normalized spacial score (nSPS) is 14.6. The Kier molecular flexibility index (Phi) is 7.77. The number of carbonyl (C=O) groups is 1. The first kappa shape index (κ1) is 25.8. The first-order chi connectivity index (χ1) is 16.0. The van der Waals surface area contributed by atoms with Crippen LogP contribution in [0.2, 0.25) is 0 Å². The van der Waals surface area contributed by atoms with E-state index in [9.17, 15) is 13.2 Å². The molecule has 0 fully saturated rings. The lowest BCUT2D eigenvalue weighted by molar-refractivity contribution is -0.116. The van der Waals surface area contributed by atoms with E-state index in [4.69, 9.17) is 14.2 Å². The van der Waals surface area contributed by atoms with E-state index >= 15 is 0 Å². The molecule has 9 heteroatoms. The number of nitrogens with zero attached hydrogens (tertiary/aromatic N) is 1. The second kappa shape index (κ2) is 10.2. The summed E-state index contributed by atoms with van der Waals surface area (Å²) in [5.74, 6) is 1.46. The second-order valence-corrected chi connectivity index (χ2v) is 10.5. The van der Waals surface area contributed by atoms with Gasteiger partial charge in [-0.3, -0.25) is 4.79 Å². The first-order valence-electron chi connectivity index (χ1n) is 11.5. The predicted octanol–water partition coefficient (Wildman–Crippen LogP) is 4.01. The summed E-state index contributed by atoms with van der Waals surface area (Å²) in [6, 6.07) is 8.42. The Labute approximate surface area is 202 Å². The van der Waals surface area contributed by atoms with Crippen LogP contribution in [0.3, 0.4) is 0 Å². The van der Waals surface area contributed by atoms with Crippen LogP contribution >= 0.6 is 0 Å². The van der Waals surface area contributed by atoms with Crippen LogP contribution in [0.15, 0.2) is 35.2 Å². The first-order valence-corrected chi connectivity index (χ1v) is 13.0. The number of sulfonamides is 1. The molecule has 8 nitrogen and oxygen atoms in total. The number of ether oxygens (including phenoxy) is 3. The maximum Gasteiger partial charge on any atom is 0.240 e. The van der Waals surface area contributed by atoms with Gasteiger partial charge in [0, 0.05) is 31.1 Å². The third-order valence-corrected chi connectivity index (χ3v) is 7.07. The molecule has 0 saturated carbocycles. The van der Waals surface area contributed by atoms with Crippen LogP contribution in [0.5, 0.6) is 17.2 Å². The van der Waals surface area contributed by atoms with Gasteiger partial charge >= 0.3 is 0 Å². The van der Waals surface area contributed by atoms with Gasteiger partial charge in [0.15, 0.2) is 11.5 Å². The Hall–Kier alpha value is -2.78. The smallest absolute Gasteiger partial charge is 0.240 e. The number of amides is 1. The third-order valence-electron chi connectivity index (χ3n) is 5.67. The van der Waals surface area contributed by atoms with E-state index in [0.29, 0.717) is 49.2 Å². The number of fused-ring (bicyclic) bond motifs is 1. The fourth-order valence-corrected chi connectivity index (χ4v) is 5.16. The van der Waals surface area contributed by atoms with Crippen LogP contribution in [0.25, 0.3) is 0 Å². The largest absolute Gasteiger partial charge is 0.490 e. The number of anilines is 1. The molecule has 186 valence electrons. The maximum absolute atomic E-state index is 13.1. The molecule has 1 aliphatic rings. The summed E-state index contributed by atoms with van der Waals surface area (Å²) in [7, 11) is -3.80. The molecule has 2 aromatic carbocycles. The van der Waals surface area contributed by atoms with E-state index in [1.54, 1.807) is 29.2 Å². The summed E-state index contributed by atoms with van der Waals surface area (Å²) in [6.07, 6.45) is 0. The van der Waals surface area contributed by atoms with Gasteiger partial charge in [0.25, 0.3) is 0 Å². The van der Waals surface area contributed by atoms with E-state index in [1.807, 2.05) is 34.6 Å². The van der Waals surface area contributed by atoms with E-state index in [1.165, 1.54) is 13.0 Å². The number of rotatable bonds is 10. The van der Waals surface area contributed by atoms with Crippen molar-refractivity contribution >= 4 is 21.6 Å².